The van der Waals surface area contributed by atoms with Gasteiger partial charge < -0.3 is 0 Å². The van der Waals surface area contributed by atoms with Gasteiger partial charge in [0, 0.05) is 34.4 Å². The second kappa shape index (κ2) is 5.24. The number of halogens is 1. The van der Waals surface area contributed by atoms with E-state index in [2.05, 4.69) is 27.0 Å². The highest BCUT2D eigenvalue weighted by molar-refractivity contribution is 9.10. The molecule has 0 aliphatic carbocycles. The monoisotopic (exact) mass is 356 g/mol. The fourth-order valence-electron chi connectivity index (χ4n) is 2.38. The van der Waals surface area contributed by atoms with Crippen LogP contribution in [-0.2, 0) is 0 Å². The Hall–Kier alpha value is -2.72. The molecule has 0 aliphatic heterocycles. The molecule has 2 aromatic heterocycles. The minimum Gasteiger partial charge on any atom is -0.300 e. The first-order chi connectivity index (χ1) is 10.5. The van der Waals surface area contributed by atoms with Gasteiger partial charge in [0.1, 0.15) is 11.7 Å². The van der Waals surface area contributed by atoms with E-state index in [1.807, 2.05) is 6.07 Å². The average Bonchev–Trinajstić information content (AvgIpc) is 2.84. The first-order valence-electron chi connectivity index (χ1n) is 6.33. The number of hydrogen-bond acceptors (Lipinski definition) is 4. The van der Waals surface area contributed by atoms with Crippen LogP contribution in [0.25, 0.3) is 16.7 Å². The zero-order valence-electron chi connectivity index (χ0n) is 11.4. The third-order valence-corrected chi connectivity index (χ3v) is 3.81. The molecule has 0 spiro atoms. The molecule has 7 heteroatoms. The van der Waals surface area contributed by atoms with Gasteiger partial charge in [0.15, 0.2) is 0 Å². The molecular formula is C15H9BrN4O2. The molecule has 2 heterocycles. The molecule has 0 atom stereocenters. The van der Waals surface area contributed by atoms with Gasteiger partial charge in [-0.25, -0.2) is 4.98 Å². The molecule has 0 amide bonds. The molecule has 22 heavy (non-hydrogen) atoms. The number of nitro benzene ring substituents is 1. The van der Waals surface area contributed by atoms with E-state index in [9.17, 15) is 15.4 Å². The van der Waals surface area contributed by atoms with E-state index in [4.69, 9.17) is 0 Å². The quantitative estimate of drug-likeness (QED) is 0.515. The number of nitriles is 1. The summed E-state index contributed by atoms with van der Waals surface area (Å²) in [6.45, 7) is 1.79. The Morgan fingerprint density at radius 3 is 2.82 bits per heavy atom. The van der Waals surface area contributed by atoms with Crippen LogP contribution in [0, 0.1) is 28.4 Å². The van der Waals surface area contributed by atoms with Gasteiger partial charge in [0.05, 0.1) is 16.2 Å². The van der Waals surface area contributed by atoms with Crippen molar-refractivity contribution in [2.75, 3.05) is 0 Å². The minimum atomic E-state index is -0.430. The Morgan fingerprint density at radius 2 is 2.18 bits per heavy atom. The lowest BCUT2D eigenvalue weighted by atomic mass is 10.2. The van der Waals surface area contributed by atoms with Crippen LogP contribution in [0.3, 0.4) is 0 Å². The van der Waals surface area contributed by atoms with E-state index in [0.29, 0.717) is 11.2 Å². The average molecular weight is 357 g/mol. The smallest absolute Gasteiger partial charge is 0.269 e. The van der Waals surface area contributed by atoms with Gasteiger partial charge in [-0.15, -0.1) is 0 Å². The van der Waals surface area contributed by atoms with Gasteiger partial charge in [-0.1, -0.05) is 0 Å². The number of aryl methyl sites for hydroxylation is 1. The summed E-state index contributed by atoms with van der Waals surface area (Å²) >= 11 is 3.35. The van der Waals surface area contributed by atoms with Gasteiger partial charge in [-0.3, -0.25) is 14.7 Å². The summed E-state index contributed by atoms with van der Waals surface area (Å²) in [7, 11) is 0. The maximum atomic E-state index is 10.8. The predicted octanol–water partition coefficient (Wildman–Crippen LogP) is 3.88. The number of fused-ring (bicyclic) bond motifs is 1. The number of rotatable bonds is 2. The van der Waals surface area contributed by atoms with E-state index in [-0.39, 0.29) is 5.69 Å². The van der Waals surface area contributed by atoms with Gasteiger partial charge in [0.25, 0.3) is 5.69 Å². The summed E-state index contributed by atoms with van der Waals surface area (Å²) in [5, 5.41) is 20.8. The fourth-order valence-corrected chi connectivity index (χ4v) is 2.71. The Bertz CT molecular complexity index is 956. The van der Waals surface area contributed by atoms with Crippen LogP contribution in [0.5, 0.6) is 0 Å². The zero-order chi connectivity index (χ0) is 15.9. The number of nitrogens with zero attached hydrogens (tertiary/aromatic N) is 4. The summed E-state index contributed by atoms with van der Waals surface area (Å²) in [5.41, 5.74) is 2.67. The summed E-state index contributed by atoms with van der Waals surface area (Å²) in [5.74, 6) is 0. The van der Waals surface area contributed by atoms with E-state index in [1.54, 1.807) is 30.0 Å². The number of benzene rings is 1. The van der Waals surface area contributed by atoms with Gasteiger partial charge in [0.2, 0.25) is 0 Å². The molecule has 3 aromatic rings. The third kappa shape index (κ3) is 2.23. The van der Waals surface area contributed by atoms with Crippen molar-refractivity contribution in [1.82, 2.24) is 9.55 Å². The fraction of sp³-hybridized carbons (Fsp3) is 0.0667. The Kier molecular flexibility index (Phi) is 3.39. The Balaban J connectivity index is 2.27. The largest absolute Gasteiger partial charge is 0.300 e. The highest BCUT2D eigenvalue weighted by Crippen LogP contribution is 2.28. The van der Waals surface area contributed by atoms with Crippen molar-refractivity contribution < 1.29 is 4.92 Å². The van der Waals surface area contributed by atoms with Crippen LogP contribution in [-0.4, -0.2) is 14.5 Å². The van der Waals surface area contributed by atoms with Crippen molar-refractivity contribution in [2.45, 2.75) is 6.92 Å². The predicted molar refractivity (Wildman–Crippen MR) is 84.9 cm³/mol. The first kappa shape index (κ1) is 14.2. The molecule has 1 aromatic carbocycles. The van der Waals surface area contributed by atoms with Crippen molar-refractivity contribution in [2.24, 2.45) is 0 Å². The third-order valence-electron chi connectivity index (χ3n) is 3.38. The van der Waals surface area contributed by atoms with Gasteiger partial charge >= 0.3 is 0 Å². The van der Waals surface area contributed by atoms with Crippen LogP contribution < -0.4 is 0 Å². The topological polar surface area (TPSA) is 84.8 Å². The molecule has 6 nitrogen and oxygen atoms in total. The maximum absolute atomic E-state index is 10.8. The Labute approximate surface area is 133 Å². The summed E-state index contributed by atoms with van der Waals surface area (Å²) in [6.07, 6.45) is 3.35. The van der Waals surface area contributed by atoms with Crippen LogP contribution >= 0.6 is 15.9 Å². The van der Waals surface area contributed by atoms with Crippen molar-refractivity contribution in [1.29, 1.82) is 5.26 Å². The van der Waals surface area contributed by atoms with Crippen LogP contribution in [0.4, 0.5) is 5.69 Å². The highest BCUT2D eigenvalue weighted by atomic mass is 79.9. The van der Waals surface area contributed by atoms with E-state index in [1.165, 1.54) is 12.1 Å². The molecule has 0 saturated carbocycles. The number of nitro groups is 1. The zero-order valence-corrected chi connectivity index (χ0v) is 13.0. The van der Waals surface area contributed by atoms with E-state index >= 15 is 0 Å². The molecule has 0 fully saturated rings. The molecule has 3 rings (SSSR count). The molecule has 0 bridgehead atoms. The first-order valence-corrected chi connectivity index (χ1v) is 7.12. The lowest BCUT2D eigenvalue weighted by Crippen LogP contribution is -1.98. The van der Waals surface area contributed by atoms with Crippen molar-refractivity contribution >= 4 is 32.7 Å². The standard InChI is InChI=1S/C15H9BrN4O2/c1-9-4-12(20(21)22)2-3-14(9)19-8-10(6-17)13-5-11(16)7-18-15(13)19/h2-5,7-8H,1H3. The molecule has 0 unspecified atom stereocenters. The second-order valence-electron chi connectivity index (χ2n) is 4.78. The normalized spacial score (nSPS) is 10.6. The van der Waals surface area contributed by atoms with E-state index < -0.39 is 4.92 Å². The Morgan fingerprint density at radius 1 is 1.41 bits per heavy atom. The van der Waals surface area contributed by atoms with Crippen LogP contribution in [0.1, 0.15) is 11.1 Å². The summed E-state index contributed by atoms with van der Waals surface area (Å²) in [6, 6.07) is 8.59. The van der Waals surface area contributed by atoms with Gasteiger partial charge in [-0.05, 0) is 40.5 Å². The maximum Gasteiger partial charge on any atom is 0.269 e. The molecular weight excluding hydrogens is 348 g/mol. The van der Waals surface area contributed by atoms with Crippen molar-refractivity contribution in [3.05, 3.63) is 62.4 Å². The van der Waals surface area contributed by atoms with Gasteiger partial charge in [-0.2, -0.15) is 5.26 Å². The molecule has 0 saturated heterocycles. The minimum absolute atomic E-state index is 0.0360. The number of hydrogen-bond donors (Lipinski definition) is 0. The SMILES string of the molecule is Cc1cc([N+](=O)[O-])ccc1-n1cc(C#N)c2cc(Br)cnc21. The number of aromatic nitrogens is 2. The number of pyridine rings is 1. The van der Waals surface area contributed by atoms with Crippen LogP contribution in [0.15, 0.2) is 41.1 Å². The van der Waals surface area contributed by atoms with Crippen molar-refractivity contribution in [3.63, 3.8) is 0 Å². The summed E-state index contributed by atoms with van der Waals surface area (Å²) in [4.78, 5) is 14.8. The molecule has 0 radical (unpaired) electrons. The number of non-ortho nitro benzene ring substituents is 1. The molecule has 0 aliphatic rings. The second-order valence-corrected chi connectivity index (χ2v) is 5.69. The van der Waals surface area contributed by atoms with Crippen LogP contribution in [0.2, 0.25) is 0 Å². The van der Waals surface area contributed by atoms with Crippen molar-refractivity contribution in [3.8, 4) is 11.8 Å². The molecule has 0 N–H and O–H groups in total. The lowest BCUT2D eigenvalue weighted by Gasteiger charge is -2.08. The highest BCUT2D eigenvalue weighted by Gasteiger charge is 2.15. The summed E-state index contributed by atoms with van der Waals surface area (Å²) < 4.78 is 2.56. The lowest BCUT2D eigenvalue weighted by molar-refractivity contribution is -0.384. The molecule has 108 valence electrons. The van der Waals surface area contributed by atoms with E-state index in [0.717, 1.165) is 21.1 Å².